The average Bonchev–Trinajstić information content (AvgIpc) is 2.52. The highest BCUT2D eigenvalue weighted by Crippen LogP contribution is 2.27. The van der Waals surface area contributed by atoms with Crippen LogP contribution in [0.25, 0.3) is 0 Å². The quantitative estimate of drug-likeness (QED) is 0.804. The van der Waals surface area contributed by atoms with E-state index in [1.54, 1.807) is 32.5 Å². The average molecular weight is 337 g/mol. The number of hydrogen-bond donors (Lipinski definition) is 2. The fourth-order valence-corrected chi connectivity index (χ4v) is 2.44. The largest absolute Gasteiger partial charge is 0.493 e. The summed E-state index contributed by atoms with van der Waals surface area (Å²) in [4.78, 5) is 4.04. The summed E-state index contributed by atoms with van der Waals surface area (Å²) in [6, 6.07) is 9.01. The summed E-state index contributed by atoms with van der Waals surface area (Å²) in [7, 11) is -0.138. The predicted molar refractivity (Wildman–Crippen MR) is 89.6 cm³/mol. The van der Waals surface area contributed by atoms with Gasteiger partial charge in [-0.1, -0.05) is 6.07 Å². The summed E-state index contributed by atoms with van der Waals surface area (Å²) in [5.41, 5.74) is 1.79. The van der Waals surface area contributed by atoms with Gasteiger partial charge in [-0.3, -0.25) is 4.72 Å². The highest BCUT2D eigenvalue weighted by Gasteiger charge is 2.05. The van der Waals surface area contributed by atoms with E-state index in [0.717, 1.165) is 17.5 Å². The number of rotatable bonds is 7. The van der Waals surface area contributed by atoms with Crippen LogP contribution in [0.2, 0.25) is 0 Å². The van der Waals surface area contributed by atoms with Crippen molar-refractivity contribution in [1.29, 1.82) is 0 Å². The van der Waals surface area contributed by atoms with Crippen molar-refractivity contribution in [2.75, 3.05) is 30.5 Å². The molecule has 2 aromatic rings. The Morgan fingerprint density at radius 2 is 1.83 bits per heavy atom. The van der Waals surface area contributed by atoms with Crippen LogP contribution < -0.4 is 19.5 Å². The van der Waals surface area contributed by atoms with Crippen molar-refractivity contribution in [3.63, 3.8) is 0 Å². The predicted octanol–water partition coefficient (Wildman–Crippen LogP) is 2.08. The van der Waals surface area contributed by atoms with E-state index in [2.05, 4.69) is 15.0 Å². The lowest BCUT2D eigenvalue weighted by Crippen LogP contribution is -2.10. The molecule has 0 atom stereocenters. The van der Waals surface area contributed by atoms with Gasteiger partial charge in [0.2, 0.25) is 10.0 Å². The van der Waals surface area contributed by atoms with Gasteiger partial charge in [-0.05, 0) is 29.8 Å². The van der Waals surface area contributed by atoms with E-state index < -0.39 is 10.0 Å². The molecule has 0 unspecified atom stereocenters. The molecule has 8 heteroatoms. The number of methoxy groups -OCH3 is 2. The van der Waals surface area contributed by atoms with Crippen LogP contribution >= 0.6 is 0 Å². The van der Waals surface area contributed by atoms with Crippen LogP contribution in [0.1, 0.15) is 5.56 Å². The zero-order chi connectivity index (χ0) is 16.9. The number of aromatic nitrogens is 1. The van der Waals surface area contributed by atoms with Gasteiger partial charge in [0, 0.05) is 6.54 Å². The molecule has 0 spiro atoms. The molecule has 1 heterocycles. The Bertz CT molecular complexity index is 761. The standard InChI is InChI=1S/C15H19N3O4S/c1-21-13-6-4-11(8-14(13)22-2)9-16-12-5-7-15(17-10-12)18-23(3,19)20/h4-8,10,16H,9H2,1-3H3,(H,17,18). The molecule has 1 aromatic carbocycles. The number of anilines is 2. The summed E-state index contributed by atoms with van der Waals surface area (Å²) in [5, 5.41) is 3.20. The molecule has 0 aliphatic heterocycles. The number of pyridine rings is 1. The summed E-state index contributed by atoms with van der Waals surface area (Å²) >= 11 is 0. The third-order valence-electron chi connectivity index (χ3n) is 3.00. The van der Waals surface area contributed by atoms with Crippen LogP contribution in [-0.2, 0) is 16.6 Å². The second-order valence-electron chi connectivity index (χ2n) is 4.85. The molecule has 0 aliphatic rings. The maximum atomic E-state index is 11.1. The maximum absolute atomic E-state index is 11.1. The van der Waals surface area contributed by atoms with Crippen LogP contribution in [0.5, 0.6) is 11.5 Å². The van der Waals surface area contributed by atoms with Crippen LogP contribution in [0.3, 0.4) is 0 Å². The zero-order valence-corrected chi connectivity index (χ0v) is 14.0. The van der Waals surface area contributed by atoms with Crippen molar-refractivity contribution in [2.45, 2.75) is 6.54 Å². The van der Waals surface area contributed by atoms with E-state index in [4.69, 9.17) is 9.47 Å². The van der Waals surface area contributed by atoms with E-state index in [9.17, 15) is 8.42 Å². The maximum Gasteiger partial charge on any atom is 0.230 e. The minimum Gasteiger partial charge on any atom is -0.493 e. The second kappa shape index (κ2) is 7.19. The van der Waals surface area contributed by atoms with E-state index in [1.807, 2.05) is 18.2 Å². The lowest BCUT2D eigenvalue weighted by Gasteiger charge is -2.11. The molecule has 0 bridgehead atoms. The Balaban J connectivity index is 2.01. The van der Waals surface area contributed by atoms with Crippen molar-refractivity contribution in [2.24, 2.45) is 0 Å². The number of hydrogen-bond acceptors (Lipinski definition) is 6. The van der Waals surface area contributed by atoms with Gasteiger partial charge in [0.25, 0.3) is 0 Å². The molecule has 0 fully saturated rings. The van der Waals surface area contributed by atoms with Crippen LogP contribution in [0.15, 0.2) is 36.5 Å². The van der Waals surface area contributed by atoms with E-state index in [1.165, 1.54) is 0 Å². The lowest BCUT2D eigenvalue weighted by atomic mass is 10.2. The molecule has 2 rings (SSSR count). The molecule has 1 aromatic heterocycles. The molecule has 2 N–H and O–H groups in total. The van der Waals surface area contributed by atoms with Crippen molar-refractivity contribution in [3.05, 3.63) is 42.1 Å². The van der Waals surface area contributed by atoms with Crippen molar-refractivity contribution in [3.8, 4) is 11.5 Å². The SMILES string of the molecule is COc1ccc(CNc2ccc(NS(C)(=O)=O)nc2)cc1OC. The highest BCUT2D eigenvalue weighted by molar-refractivity contribution is 7.92. The number of nitrogens with one attached hydrogen (secondary N) is 2. The first-order valence-electron chi connectivity index (χ1n) is 6.80. The molecule has 0 amide bonds. The second-order valence-corrected chi connectivity index (χ2v) is 6.60. The molecular weight excluding hydrogens is 318 g/mol. The van der Waals surface area contributed by atoms with E-state index in [-0.39, 0.29) is 5.82 Å². The van der Waals surface area contributed by atoms with Gasteiger partial charge in [-0.25, -0.2) is 13.4 Å². The summed E-state index contributed by atoms with van der Waals surface area (Å²) in [5.74, 6) is 1.62. The monoisotopic (exact) mass is 337 g/mol. The normalized spacial score (nSPS) is 10.9. The Labute approximate surface area is 135 Å². The third-order valence-corrected chi connectivity index (χ3v) is 3.58. The molecule has 124 valence electrons. The Morgan fingerprint density at radius 3 is 2.39 bits per heavy atom. The minimum absolute atomic E-state index is 0.282. The summed E-state index contributed by atoms with van der Waals surface area (Å²) in [6.45, 7) is 0.570. The van der Waals surface area contributed by atoms with Gasteiger partial charge in [0.15, 0.2) is 11.5 Å². The van der Waals surface area contributed by atoms with Gasteiger partial charge in [0.1, 0.15) is 5.82 Å². The van der Waals surface area contributed by atoms with Crippen molar-refractivity contribution < 1.29 is 17.9 Å². The smallest absolute Gasteiger partial charge is 0.230 e. The lowest BCUT2D eigenvalue weighted by molar-refractivity contribution is 0.354. The zero-order valence-electron chi connectivity index (χ0n) is 13.2. The first kappa shape index (κ1) is 16.9. The van der Waals surface area contributed by atoms with Gasteiger partial charge in [-0.15, -0.1) is 0 Å². The van der Waals surface area contributed by atoms with Crippen LogP contribution in [0.4, 0.5) is 11.5 Å². The highest BCUT2D eigenvalue weighted by atomic mass is 32.2. The van der Waals surface area contributed by atoms with Gasteiger partial charge < -0.3 is 14.8 Å². The number of benzene rings is 1. The van der Waals surface area contributed by atoms with E-state index in [0.29, 0.717) is 18.0 Å². The fourth-order valence-electron chi connectivity index (χ4n) is 1.94. The first-order chi connectivity index (χ1) is 10.9. The fraction of sp³-hybridized carbons (Fsp3) is 0.267. The number of ether oxygens (including phenoxy) is 2. The van der Waals surface area contributed by atoms with Crippen LogP contribution in [0, 0.1) is 0 Å². The van der Waals surface area contributed by atoms with Crippen LogP contribution in [-0.4, -0.2) is 33.9 Å². The Morgan fingerprint density at radius 1 is 1.09 bits per heavy atom. The molecular formula is C15H19N3O4S. The molecule has 0 saturated carbocycles. The summed E-state index contributed by atoms with van der Waals surface area (Å²) in [6.07, 6.45) is 2.65. The first-order valence-corrected chi connectivity index (χ1v) is 8.69. The third kappa shape index (κ3) is 5.03. The molecule has 0 aliphatic carbocycles. The number of sulfonamides is 1. The minimum atomic E-state index is -3.32. The van der Waals surface area contributed by atoms with Gasteiger partial charge >= 0.3 is 0 Å². The number of nitrogens with zero attached hydrogens (tertiary/aromatic N) is 1. The van der Waals surface area contributed by atoms with Gasteiger partial charge in [-0.2, -0.15) is 0 Å². The summed E-state index contributed by atoms with van der Waals surface area (Å²) < 4.78 is 35.0. The van der Waals surface area contributed by atoms with E-state index >= 15 is 0 Å². The Kier molecular flexibility index (Phi) is 5.28. The topological polar surface area (TPSA) is 89.6 Å². The molecule has 0 saturated heterocycles. The molecule has 7 nitrogen and oxygen atoms in total. The molecule has 0 radical (unpaired) electrons. The van der Waals surface area contributed by atoms with Crippen molar-refractivity contribution in [1.82, 2.24) is 4.98 Å². The Hall–Kier alpha value is -2.48. The van der Waals surface area contributed by atoms with Crippen molar-refractivity contribution >= 4 is 21.5 Å². The molecule has 23 heavy (non-hydrogen) atoms. The van der Waals surface area contributed by atoms with Gasteiger partial charge in [0.05, 0.1) is 32.4 Å².